The predicted molar refractivity (Wildman–Crippen MR) is 74.5 cm³/mol. The third-order valence-electron chi connectivity index (χ3n) is 3.65. The van der Waals surface area contributed by atoms with Crippen LogP contribution in [0.25, 0.3) is 0 Å². The molecule has 3 nitrogen and oxygen atoms in total. The van der Waals surface area contributed by atoms with Crippen LogP contribution in [0.15, 0.2) is 10.5 Å². The molecule has 0 bridgehead atoms. The van der Waals surface area contributed by atoms with Gasteiger partial charge in [0.15, 0.2) is 0 Å². The maximum atomic E-state index is 5.95. The van der Waals surface area contributed by atoms with Crippen LogP contribution in [0, 0.1) is 12.8 Å². The summed E-state index contributed by atoms with van der Waals surface area (Å²) >= 11 is 0. The fourth-order valence-electron chi connectivity index (χ4n) is 2.27. The topological polar surface area (TPSA) is 28.4 Å². The lowest BCUT2D eigenvalue weighted by Crippen LogP contribution is -2.24. The molecule has 1 aromatic rings. The number of aryl methyl sites for hydroxylation is 1. The maximum absolute atomic E-state index is 5.95. The molecule has 18 heavy (non-hydrogen) atoms. The van der Waals surface area contributed by atoms with Crippen LogP contribution in [-0.4, -0.2) is 24.5 Å². The van der Waals surface area contributed by atoms with Crippen molar-refractivity contribution in [3.8, 4) is 0 Å². The molecule has 1 saturated carbocycles. The average molecular weight is 250 g/mol. The Morgan fingerprint density at radius 3 is 2.78 bits per heavy atom. The van der Waals surface area contributed by atoms with Gasteiger partial charge in [-0.15, -0.1) is 0 Å². The average Bonchev–Trinajstić information content (AvgIpc) is 3.10. The van der Waals surface area contributed by atoms with Crippen LogP contribution in [-0.2, 0) is 13.1 Å². The van der Waals surface area contributed by atoms with Crippen LogP contribution in [0.1, 0.15) is 43.8 Å². The largest absolute Gasteiger partial charge is 0.463 e. The van der Waals surface area contributed by atoms with Gasteiger partial charge in [-0.1, -0.05) is 13.8 Å². The Labute approximate surface area is 111 Å². The minimum Gasteiger partial charge on any atom is -0.463 e. The third kappa shape index (κ3) is 3.85. The van der Waals surface area contributed by atoms with E-state index in [0.29, 0.717) is 0 Å². The lowest BCUT2D eigenvalue weighted by molar-refractivity contribution is 0.243. The molecule has 1 N–H and O–H groups in total. The quantitative estimate of drug-likeness (QED) is 0.769. The van der Waals surface area contributed by atoms with Crippen molar-refractivity contribution < 1.29 is 4.42 Å². The second-order valence-corrected chi connectivity index (χ2v) is 5.37. The van der Waals surface area contributed by atoms with Gasteiger partial charge in [-0.05, 0) is 50.4 Å². The van der Waals surface area contributed by atoms with Crippen molar-refractivity contribution in [2.24, 2.45) is 5.92 Å². The van der Waals surface area contributed by atoms with Gasteiger partial charge in [0.05, 0.1) is 13.1 Å². The number of nitrogens with zero attached hydrogens (tertiary/aromatic N) is 1. The summed E-state index contributed by atoms with van der Waals surface area (Å²) in [7, 11) is 0. The standard InChI is InChI=1S/C15H26N2O/c1-4-16-9-15-12(3)8-14(18-15)11-17(5-2)10-13-6-7-13/h8,13,16H,4-7,9-11H2,1-3H3. The summed E-state index contributed by atoms with van der Waals surface area (Å²) in [5, 5.41) is 3.32. The summed E-state index contributed by atoms with van der Waals surface area (Å²) in [6.07, 6.45) is 2.83. The van der Waals surface area contributed by atoms with Crippen LogP contribution in [0.3, 0.4) is 0 Å². The molecule has 0 aliphatic heterocycles. The van der Waals surface area contributed by atoms with Gasteiger partial charge in [0.1, 0.15) is 11.5 Å². The van der Waals surface area contributed by atoms with Gasteiger partial charge in [-0.2, -0.15) is 0 Å². The van der Waals surface area contributed by atoms with E-state index in [1.165, 1.54) is 24.9 Å². The van der Waals surface area contributed by atoms with E-state index in [9.17, 15) is 0 Å². The van der Waals surface area contributed by atoms with Gasteiger partial charge in [0, 0.05) is 6.54 Å². The van der Waals surface area contributed by atoms with Crippen molar-refractivity contribution in [3.05, 3.63) is 23.2 Å². The Kier molecular flexibility index (Phi) is 4.84. The maximum Gasteiger partial charge on any atom is 0.120 e. The van der Waals surface area contributed by atoms with Crippen LogP contribution >= 0.6 is 0 Å². The van der Waals surface area contributed by atoms with Gasteiger partial charge >= 0.3 is 0 Å². The normalized spacial score (nSPS) is 15.6. The first-order chi connectivity index (χ1) is 8.72. The molecule has 1 aliphatic rings. The second-order valence-electron chi connectivity index (χ2n) is 5.37. The minimum atomic E-state index is 0.844. The SMILES string of the molecule is CCNCc1oc(CN(CC)CC2CC2)cc1C. The van der Waals surface area contributed by atoms with Crippen molar-refractivity contribution in [1.82, 2.24) is 10.2 Å². The summed E-state index contributed by atoms with van der Waals surface area (Å²) in [5.74, 6) is 3.15. The van der Waals surface area contributed by atoms with Gasteiger partial charge in [-0.25, -0.2) is 0 Å². The Morgan fingerprint density at radius 1 is 1.39 bits per heavy atom. The van der Waals surface area contributed by atoms with Crippen molar-refractivity contribution in [3.63, 3.8) is 0 Å². The number of furan rings is 1. The molecule has 1 fully saturated rings. The lowest BCUT2D eigenvalue weighted by Gasteiger charge is -2.18. The second kappa shape index (κ2) is 6.39. The fraction of sp³-hybridized carbons (Fsp3) is 0.733. The molecular formula is C15H26N2O. The van der Waals surface area contributed by atoms with Crippen LogP contribution in [0.5, 0.6) is 0 Å². The molecule has 0 atom stereocenters. The first-order valence-corrected chi connectivity index (χ1v) is 7.24. The molecule has 0 aromatic carbocycles. The lowest BCUT2D eigenvalue weighted by atomic mass is 10.2. The van der Waals surface area contributed by atoms with Gasteiger partial charge < -0.3 is 9.73 Å². The predicted octanol–water partition coefficient (Wildman–Crippen LogP) is 2.93. The van der Waals surface area contributed by atoms with E-state index >= 15 is 0 Å². The summed E-state index contributed by atoms with van der Waals surface area (Å²) in [4.78, 5) is 2.49. The summed E-state index contributed by atoms with van der Waals surface area (Å²) in [6.45, 7) is 11.6. The van der Waals surface area contributed by atoms with Gasteiger partial charge in [-0.3, -0.25) is 4.90 Å². The molecule has 1 heterocycles. The van der Waals surface area contributed by atoms with Gasteiger partial charge in [0.2, 0.25) is 0 Å². The molecule has 0 saturated heterocycles. The van der Waals surface area contributed by atoms with E-state index in [2.05, 4.69) is 37.1 Å². The molecule has 1 aliphatic carbocycles. The molecule has 102 valence electrons. The van der Waals surface area contributed by atoms with Crippen molar-refractivity contribution in [2.75, 3.05) is 19.6 Å². The monoisotopic (exact) mass is 250 g/mol. The number of rotatable bonds is 8. The highest BCUT2D eigenvalue weighted by Crippen LogP contribution is 2.30. The first-order valence-electron chi connectivity index (χ1n) is 7.24. The Bertz CT molecular complexity index is 369. The number of hydrogen-bond acceptors (Lipinski definition) is 3. The number of nitrogens with one attached hydrogen (secondary N) is 1. The van der Waals surface area contributed by atoms with Crippen molar-refractivity contribution in [1.29, 1.82) is 0 Å². The van der Waals surface area contributed by atoms with E-state index in [0.717, 1.165) is 43.6 Å². The molecule has 0 spiro atoms. The van der Waals surface area contributed by atoms with E-state index in [1.807, 2.05) is 0 Å². The highest BCUT2D eigenvalue weighted by molar-refractivity contribution is 5.20. The van der Waals surface area contributed by atoms with E-state index in [1.54, 1.807) is 0 Å². The Morgan fingerprint density at radius 2 is 2.17 bits per heavy atom. The first kappa shape index (κ1) is 13.6. The van der Waals surface area contributed by atoms with E-state index < -0.39 is 0 Å². The van der Waals surface area contributed by atoms with Gasteiger partial charge in [0.25, 0.3) is 0 Å². The van der Waals surface area contributed by atoms with Crippen LogP contribution in [0.4, 0.5) is 0 Å². The molecule has 0 amide bonds. The third-order valence-corrected chi connectivity index (χ3v) is 3.65. The molecule has 2 rings (SSSR count). The van der Waals surface area contributed by atoms with Crippen LogP contribution < -0.4 is 5.32 Å². The molecule has 1 aromatic heterocycles. The smallest absolute Gasteiger partial charge is 0.120 e. The summed E-state index contributed by atoms with van der Waals surface area (Å²) in [6, 6.07) is 2.20. The number of hydrogen-bond donors (Lipinski definition) is 1. The summed E-state index contributed by atoms with van der Waals surface area (Å²) in [5.41, 5.74) is 1.27. The molecule has 3 heteroatoms. The minimum absolute atomic E-state index is 0.844. The van der Waals surface area contributed by atoms with Crippen LogP contribution in [0.2, 0.25) is 0 Å². The zero-order valence-electron chi connectivity index (χ0n) is 12.0. The van der Waals surface area contributed by atoms with Crippen molar-refractivity contribution in [2.45, 2.75) is 46.7 Å². The molecule has 0 unspecified atom stereocenters. The van der Waals surface area contributed by atoms with Crippen molar-refractivity contribution >= 4 is 0 Å². The Balaban J connectivity index is 1.90. The molecular weight excluding hydrogens is 224 g/mol. The van der Waals surface area contributed by atoms with E-state index in [4.69, 9.17) is 4.42 Å². The highest BCUT2D eigenvalue weighted by Gasteiger charge is 2.24. The highest BCUT2D eigenvalue weighted by atomic mass is 16.3. The fourth-order valence-corrected chi connectivity index (χ4v) is 2.27. The molecule has 0 radical (unpaired) electrons. The summed E-state index contributed by atoms with van der Waals surface area (Å²) < 4.78 is 5.95. The Hall–Kier alpha value is -0.800. The zero-order chi connectivity index (χ0) is 13.0. The van der Waals surface area contributed by atoms with E-state index in [-0.39, 0.29) is 0 Å². The zero-order valence-corrected chi connectivity index (χ0v) is 12.0.